The number of carboxylic acids is 1. The molecule has 178 valence electrons. The summed E-state index contributed by atoms with van der Waals surface area (Å²) >= 11 is 0. The number of likely N-dealkylation sites (N-methyl/N-ethyl adjacent to an activating group) is 1. The number of nitrogens with zero attached hydrogens (tertiary/aromatic N) is 1. The van der Waals surface area contributed by atoms with Crippen molar-refractivity contribution >= 4 is 18.0 Å². The molecule has 0 radical (unpaired) electrons. The van der Waals surface area contributed by atoms with Crippen LogP contribution >= 0.6 is 0 Å². The van der Waals surface area contributed by atoms with Gasteiger partial charge in [-0.25, -0.2) is 9.59 Å². The van der Waals surface area contributed by atoms with Gasteiger partial charge in [-0.15, -0.1) is 0 Å². The lowest BCUT2D eigenvalue weighted by atomic mass is 9.98. The number of carboxylic acid groups (broad SMARTS) is 1. The zero-order chi connectivity index (χ0) is 23.9. The molecule has 2 amide bonds. The fraction of sp³-hybridized carbons (Fsp3) is 0.423. The molecule has 1 aliphatic heterocycles. The van der Waals surface area contributed by atoms with Crippen LogP contribution in [-0.4, -0.2) is 65.9 Å². The summed E-state index contributed by atoms with van der Waals surface area (Å²) in [5.74, 6) is -1.30. The molecule has 2 fully saturated rings. The Morgan fingerprint density at radius 3 is 2.26 bits per heavy atom. The van der Waals surface area contributed by atoms with Gasteiger partial charge in [0.05, 0.1) is 6.10 Å². The predicted octanol–water partition coefficient (Wildman–Crippen LogP) is 3.15. The zero-order valence-electron chi connectivity index (χ0n) is 19.0. The summed E-state index contributed by atoms with van der Waals surface area (Å²) in [4.78, 5) is 37.9. The Balaban J connectivity index is 1.11. The molecule has 3 aliphatic rings. The molecule has 2 N–H and O–H groups in total. The van der Waals surface area contributed by atoms with Gasteiger partial charge in [0, 0.05) is 19.5 Å². The molecular weight excluding hydrogens is 436 g/mol. The van der Waals surface area contributed by atoms with Crippen LogP contribution in [-0.2, 0) is 19.1 Å². The van der Waals surface area contributed by atoms with Crippen molar-refractivity contribution in [2.45, 2.75) is 49.3 Å². The van der Waals surface area contributed by atoms with E-state index in [1.54, 1.807) is 0 Å². The van der Waals surface area contributed by atoms with Gasteiger partial charge < -0.3 is 24.8 Å². The van der Waals surface area contributed by atoms with E-state index in [1.165, 1.54) is 23.1 Å². The standard InChI is InChI=1S/C26H28N2O6/c1-28(26(12-13-26)24(30)31)23(29)22-11-10-16(34-22)14-27-25(32)33-15-21-19-8-4-2-6-17(19)18-7-3-5-9-20(18)21/h2-9,16,21-22H,10-15H2,1H3,(H,27,32)(H,30,31). The second-order valence-corrected chi connectivity index (χ2v) is 9.26. The van der Waals surface area contributed by atoms with Crippen molar-refractivity contribution in [1.29, 1.82) is 0 Å². The maximum Gasteiger partial charge on any atom is 0.407 e. The normalized spacial score (nSPS) is 21.9. The lowest BCUT2D eigenvalue weighted by Crippen LogP contribution is -2.48. The van der Waals surface area contributed by atoms with E-state index in [1.807, 2.05) is 24.3 Å². The third-order valence-corrected chi connectivity index (χ3v) is 7.30. The lowest BCUT2D eigenvalue weighted by Gasteiger charge is -2.27. The maximum absolute atomic E-state index is 12.7. The summed E-state index contributed by atoms with van der Waals surface area (Å²) in [6.45, 7) is 0.461. The van der Waals surface area contributed by atoms with Crippen molar-refractivity contribution in [2.24, 2.45) is 0 Å². The lowest BCUT2D eigenvalue weighted by molar-refractivity contribution is -0.156. The van der Waals surface area contributed by atoms with Crippen LogP contribution in [0.25, 0.3) is 11.1 Å². The zero-order valence-corrected chi connectivity index (χ0v) is 19.0. The predicted molar refractivity (Wildman–Crippen MR) is 123 cm³/mol. The first-order chi connectivity index (χ1) is 16.4. The monoisotopic (exact) mass is 464 g/mol. The highest BCUT2D eigenvalue weighted by Gasteiger charge is 2.56. The Hall–Kier alpha value is -3.39. The summed E-state index contributed by atoms with van der Waals surface area (Å²) in [6, 6.07) is 16.3. The summed E-state index contributed by atoms with van der Waals surface area (Å²) in [5.41, 5.74) is 3.55. The average Bonchev–Trinajstić information content (AvgIpc) is 3.43. The quantitative estimate of drug-likeness (QED) is 0.652. The molecule has 2 atom stereocenters. The minimum absolute atomic E-state index is 0.0117. The van der Waals surface area contributed by atoms with Gasteiger partial charge in [-0.2, -0.15) is 0 Å². The number of rotatable bonds is 7. The summed E-state index contributed by atoms with van der Waals surface area (Å²) in [5, 5.41) is 12.1. The highest BCUT2D eigenvalue weighted by Crippen LogP contribution is 2.44. The van der Waals surface area contributed by atoms with E-state index in [0.717, 1.165) is 11.1 Å². The van der Waals surface area contributed by atoms with Crippen molar-refractivity contribution in [3.05, 3.63) is 59.7 Å². The molecule has 0 aromatic heterocycles. The molecule has 2 unspecified atom stereocenters. The number of hydrogen-bond donors (Lipinski definition) is 2. The molecule has 2 aliphatic carbocycles. The molecule has 8 heteroatoms. The maximum atomic E-state index is 12.7. The van der Waals surface area contributed by atoms with Crippen LogP contribution in [0, 0.1) is 0 Å². The van der Waals surface area contributed by atoms with Crippen molar-refractivity contribution in [1.82, 2.24) is 10.2 Å². The molecule has 5 rings (SSSR count). The van der Waals surface area contributed by atoms with Gasteiger partial charge >= 0.3 is 12.1 Å². The average molecular weight is 465 g/mol. The van der Waals surface area contributed by atoms with Gasteiger partial charge in [-0.05, 0) is 47.9 Å². The third-order valence-electron chi connectivity index (χ3n) is 7.30. The van der Waals surface area contributed by atoms with E-state index in [4.69, 9.17) is 9.47 Å². The van der Waals surface area contributed by atoms with E-state index in [2.05, 4.69) is 29.6 Å². The first-order valence-corrected chi connectivity index (χ1v) is 11.7. The number of hydrogen-bond acceptors (Lipinski definition) is 5. The van der Waals surface area contributed by atoms with E-state index in [9.17, 15) is 19.5 Å². The number of carbonyl (C=O) groups is 3. The molecule has 8 nitrogen and oxygen atoms in total. The van der Waals surface area contributed by atoms with E-state index in [0.29, 0.717) is 25.7 Å². The SMILES string of the molecule is CN(C(=O)C1CCC(CNC(=O)OCC2c3ccccc3-c3ccccc32)O1)C1(C(=O)O)CC1. The number of ether oxygens (including phenoxy) is 2. The Morgan fingerprint density at radius 2 is 1.68 bits per heavy atom. The fourth-order valence-corrected chi connectivity index (χ4v) is 5.12. The molecule has 0 bridgehead atoms. The largest absolute Gasteiger partial charge is 0.479 e. The Morgan fingerprint density at radius 1 is 1.06 bits per heavy atom. The third kappa shape index (κ3) is 3.92. The van der Waals surface area contributed by atoms with Crippen LogP contribution in [0.1, 0.15) is 42.7 Å². The number of carbonyl (C=O) groups excluding carboxylic acids is 2. The van der Waals surface area contributed by atoms with E-state index < -0.39 is 23.7 Å². The number of benzene rings is 2. The van der Waals surface area contributed by atoms with Gasteiger partial charge in [-0.1, -0.05) is 48.5 Å². The highest BCUT2D eigenvalue weighted by molar-refractivity contribution is 5.91. The molecule has 1 saturated heterocycles. The number of aliphatic carboxylic acids is 1. The molecule has 1 saturated carbocycles. The summed E-state index contributed by atoms with van der Waals surface area (Å²) in [7, 11) is 1.52. The molecule has 1 heterocycles. The topological polar surface area (TPSA) is 105 Å². The Kier molecular flexibility index (Phi) is 5.77. The smallest absolute Gasteiger partial charge is 0.407 e. The highest BCUT2D eigenvalue weighted by atomic mass is 16.6. The van der Waals surface area contributed by atoms with Gasteiger partial charge in [0.2, 0.25) is 0 Å². The van der Waals surface area contributed by atoms with Crippen LogP contribution in [0.5, 0.6) is 0 Å². The van der Waals surface area contributed by atoms with Gasteiger partial charge in [0.1, 0.15) is 18.2 Å². The van der Waals surface area contributed by atoms with Crippen LogP contribution in [0.2, 0.25) is 0 Å². The van der Waals surface area contributed by atoms with E-state index in [-0.39, 0.29) is 31.1 Å². The van der Waals surface area contributed by atoms with Crippen LogP contribution in [0.4, 0.5) is 4.79 Å². The minimum Gasteiger partial charge on any atom is -0.479 e. The minimum atomic E-state index is -1.09. The van der Waals surface area contributed by atoms with Crippen molar-refractivity contribution in [3.8, 4) is 11.1 Å². The number of alkyl carbamates (subject to hydrolysis) is 1. The van der Waals surface area contributed by atoms with Crippen LogP contribution in [0.3, 0.4) is 0 Å². The Bertz CT molecular complexity index is 1080. The fourth-order valence-electron chi connectivity index (χ4n) is 5.12. The van der Waals surface area contributed by atoms with Gasteiger partial charge in [-0.3, -0.25) is 4.79 Å². The summed E-state index contributed by atoms with van der Waals surface area (Å²) < 4.78 is 11.4. The second kappa shape index (κ2) is 8.76. The summed E-state index contributed by atoms with van der Waals surface area (Å²) in [6.07, 6.45) is 0.497. The molecular formula is C26H28N2O6. The second-order valence-electron chi connectivity index (χ2n) is 9.26. The number of fused-ring (bicyclic) bond motifs is 3. The van der Waals surface area contributed by atoms with Gasteiger partial charge in [0.25, 0.3) is 5.91 Å². The molecule has 2 aromatic carbocycles. The number of amides is 2. The molecule has 2 aromatic rings. The first kappa shape index (κ1) is 22.4. The van der Waals surface area contributed by atoms with E-state index >= 15 is 0 Å². The first-order valence-electron chi connectivity index (χ1n) is 11.7. The van der Waals surface area contributed by atoms with Crippen LogP contribution < -0.4 is 5.32 Å². The van der Waals surface area contributed by atoms with Crippen molar-refractivity contribution in [3.63, 3.8) is 0 Å². The van der Waals surface area contributed by atoms with Crippen LogP contribution in [0.15, 0.2) is 48.5 Å². The molecule has 0 spiro atoms. The van der Waals surface area contributed by atoms with Crippen molar-refractivity contribution in [2.75, 3.05) is 20.2 Å². The molecule has 34 heavy (non-hydrogen) atoms. The number of nitrogens with one attached hydrogen (secondary N) is 1. The van der Waals surface area contributed by atoms with Gasteiger partial charge in [0.15, 0.2) is 0 Å². The van der Waals surface area contributed by atoms with Crippen molar-refractivity contribution < 1.29 is 29.0 Å². The Labute approximate surface area is 197 Å².